The molecule has 0 aliphatic carbocycles. The Morgan fingerprint density at radius 2 is 2.14 bits per heavy atom. The average molecular weight is 283 g/mol. The predicted octanol–water partition coefficient (Wildman–Crippen LogP) is 0.981. The first-order valence-electron chi connectivity index (χ1n) is 6.86. The van der Waals surface area contributed by atoms with E-state index in [2.05, 4.69) is 26.5 Å². The number of carbonyl (C=O) groups excluding carboxylic acids is 1. The highest BCUT2D eigenvalue weighted by molar-refractivity contribution is 5.91. The minimum absolute atomic E-state index is 0.234. The third-order valence-corrected chi connectivity index (χ3v) is 3.74. The molecule has 3 N–H and O–H groups in total. The first kappa shape index (κ1) is 13.4. The predicted molar refractivity (Wildman–Crippen MR) is 81.0 cm³/mol. The number of fused-ring (bicyclic) bond motifs is 1. The van der Waals surface area contributed by atoms with Gasteiger partial charge in [0.05, 0.1) is 0 Å². The van der Waals surface area contributed by atoms with Gasteiger partial charge in [0.2, 0.25) is 0 Å². The van der Waals surface area contributed by atoms with Gasteiger partial charge >= 0.3 is 0 Å². The van der Waals surface area contributed by atoms with E-state index in [1.807, 2.05) is 18.2 Å². The van der Waals surface area contributed by atoms with Crippen molar-refractivity contribution in [3.63, 3.8) is 0 Å². The van der Waals surface area contributed by atoms with Gasteiger partial charge < -0.3 is 16.0 Å². The minimum atomic E-state index is -0.234. The smallest absolute Gasteiger partial charge is 0.271 e. The molecule has 1 aromatic carbocycles. The van der Waals surface area contributed by atoms with Crippen molar-refractivity contribution in [2.75, 3.05) is 24.2 Å². The van der Waals surface area contributed by atoms with Gasteiger partial charge in [-0.1, -0.05) is 12.1 Å². The number of benzene rings is 1. The number of hydrogen-bond donors (Lipinski definition) is 2. The number of amides is 1. The van der Waals surface area contributed by atoms with Crippen molar-refractivity contribution in [1.82, 2.24) is 15.5 Å². The van der Waals surface area contributed by atoms with Crippen molar-refractivity contribution >= 4 is 17.4 Å². The number of anilines is 2. The van der Waals surface area contributed by atoms with E-state index >= 15 is 0 Å². The molecule has 21 heavy (non-hydrogen) atoms. The first-order valence-corrected chi connectivity index (χ1v) is 6.86. The van der Waals surface area contributed by atoms with E-state index in [0.29, 0.717) is 5.69 Å². The Bertz CT molecular complexity index is 668. The Labute approximate surface area is 123 Å². The second-order valence-electron chi connectivity index (χ2n) is 5.01. The van der Waals surface area contributed by atoms with Crippen LogP contribution < -0.4 is 16.0 Å². The maximum absolute atomic E-state index is 11.5. The Morgan fingerprint density at radius 3 is 2.86 bits per heavy atom. The first-order chi connectivity index (χ1) is 10.2. The van der Waals surface area contributed by atoms with Crippen molar-refractivity contribution in [2.24, 2.45) is 0 Å². The number of nitrogens with two attached hydrogens (primary N) is 1. The highest BCUT2D eigenvalue weighted by Gasteiger charge is 2.19. The third-order valence-electron chi connectivity index (χ3n) is 3.74. The largest absolute Gasteiger partial charge is 0.398 e. The van der Waals surface area contributed by atoms with E-state index < -0.39 is 0 Å². The lowest BCUT2D eigenvalue weighted by Gasteiger charge is -2.30. The quantitative estimate of drug-likeness (QED) is 0.803. The lowest BCUT2D eigenvalue weighted by molar-refractivity contribution is 0.0957. The van der Waals surface area contributed by atoms with Crippen molar-refractivity contribution in [3.8, 4) is 0 Å². The molecule has 0 unspecified atom stereocenters. The van der Waals surface area contributed by atoms with Crippen molar-refractivity contribution in [1.29, 1.82) is 0 Å². The summed E-state index contributed by atoms with van der Waals surface area (Å²) >= 11 is 0. The van der Waals surface area contributed by atoms with Gasteiger partial charge in [-0.2, -0.15) is 0 Å². The van der Waals surface area contributed by atoms with E-state index in [0.717, 1.165) is 36.6 Å². The van der Waals surface area contributed by atoms with Crippen LogP contribution >= 0.6 is 0 Å². The maximum Gasteiger partial charge on any atom is 0.271 e. The van der Waals surface area contributed by atoms with Crippen LogP contribution in [0.2, 0.25) is 0 Å². The van der Waals surface area contributed by atoms with Crippen LogP contribution in [0.3, 0.4) is 0 Å². The highest BCUT2D eigenvalue weighted by atomic mass is 16.1. The summed E-state index contributed by atoms with van der Waals surface area (Å²) in [5.74, 6) is 0.527. The van der Waals surface area contributed by atoms with E-state index in [9.17, 15) is 4.79 Å². The van der Waals surface area contributed by atoms with Crippen LogP contribution in [0.15, 0.2) is 30.3 Å². The number of nitrogen functional groups attached to an aromatic ring is 1. The van der Waals surface area contributed by atoms with E-state index in [1.165, 1.54) is 5.56 Å². The molecule has 0 saturated carbocycles. The van der Waals surface area contributed by atoms with Crippen LogP contribution in [-0.2, 0) is 13.0 Å². The summed E-state index contributed by atoms with van der Waals surface area (Å²) in [4.78, 5) is 13.6. The van der Waals surface area contributed by atoms with Gasteiger partial charge in [-0.3, -0.25) is 4.79 Å². The van der Waals surface area contributed by atoms with Gasteiger partial charge in [0, 0.05) is 25.8 Å². The SMILES string of the molecule is CNC(=O)c1ccc(N2CCc3cccc(N)c3C2)nn1. The molecule has 1 aromatic heterocycles. The summed E-state index contributed by atoms with van der Waals surface area (Å²) in [6.45, 7) is 1.58. The molecular formula is C15H17N5O. The molecule has 1 aliphatic rings. The molecular weight excluding hydrogens is 266 g/mol. The molecule has 0 fully saturated rings. The molecule has 0 atom stereocenters. The zero-order chi connectivity index (χ0) is 14.8. The van der Waals surface area contributed by atoms with Crippen LogP contribution in [0, 0.1) is 0 Å². The Balaban J connectivity index is 1.83. The third kappa shape index (κ3) is 2.52. The second-order valence-corrected chi connectivity index (χ2v) is 5.01. The summed E-state index contributed by atoms with van der Waals surface area (Å²) in [6, 6.07) is 9.53. The summed E-state index contributed by atoms with van der Waals surface area (Å²) in [5.41, 5.74) is 9.62. The van der Waals surface area contributed by atoms with E-state index in [1.54, 1.807) is 13.1 Å². The summed E-state index contributed by atoms with van der Waals surface area (Å²) in [5, 5.41) is 10.6. The van der Waals surface area contributed by atoms with Crippen molar-refractivity contribution in [3.05, 3.63) is 47.2 Å². The molecule has 0 radical (unpaired) electrons. The van der Waals surface area contributed by atoms with Crippen LogP contribution in [0.1, 0.15) is 21.6 Å². The molecule has 0 saturated heterocycles. The molecule has 108 valence electrons. The zero-order valence-electron chi connectivity index (χ0n) is 11.8. The molecule has 6 nitrogen and oxygen atoms in total. The van der Waals surface area contributed by atoms with E-state index in [-0.39, 0.29) is 5.91 Å². The fraction of sp³-hybridized carbons (Fsp3) is 0.267. The monoisotopic (exact) mass is 283 g/mol. The van der Waals surface area contributed by atoms with Gasteiger partial charge in [-0.15, -0.1) is 10.2 Å². The van der Waals surface area contributed by atoms with Crippen molar-refractivity contribution in [2.45, 2.75) is 13.0 Å². The van der Waals surface area contributed by atoms with Crippen LogP contribution in [0.5, 0.6) is 0 Å². The van der Waals surface area contributed by atoms with Crippen LogP contribution in [-0.4, -0.2) is 29.7 Å². The number of hydrogen-bond acceptors (Lipinski definition) is 5. The Morgan fingerprint density at radius 1 is 1.29 bits per heavy atom. The fourth-order valence-electron chi connectivity index (χ4n) is 2.55. The molecule has 6 heteroatoms. The molecule has 2 aromatic rings. The number of nitrogens with zero attached hydrogens (tertiary/aromatic N) is 3. The Kier molecular flexibility index (Phi) is 3.43. The van der Waals surface area contributed by atoms with E-state index in [4.69, 9.17) is 5.73 Å². The highest BCUT2D eigenvalue weighted by Crippen LogP contribution is 2.26. The van der Waals surface area contributed by atoms with Gasteiger partial charge in [0.1, 0.15) is 0 Å². The average Bonchev–Trinajstić information content (AvgIpc) is 2.54. The van der Waals surface area contributed by atoms with Crippen LogP contribution in [0.25, 0.3) is 0 Å². The number of rotatable bonds is 2. The lowest BCUT2D eigenvalue weighted by atomic mass is 9.98. The maximum atomic E-state index is 11.5. The summed E-state index contributed by atoms with van der Waals surface area (Å²) in [6.07, 6.45) is 0.930. The Hall–Kier alpha value is -2.63. The molecule has 3 rings (SSSR count). The summed E-state index contributed by atoms with van der Waals surface area (Å²) in [7, 11) is 1.57. The van der Waals surface area contributed by atoms with Gasteiger partial charge in [0.15, 0.2) is 11.5 Å². The van der Waals surface area contributed by atoms with Gasteiger partial charge in [0.25, 0.3) is 5.91 Å². The topological polar surface area (TPSA) is 84.1 Å². The zero-order valence-corrected chi connectivity index (χ0v) is 11.8. The lowest BCUT2D eigenvalue weighted by Crippen LogP contribution is -2.32. The van der Waals surface area contributed by atoms with Crippen LogP contribution in [0.4, 0.5) is 11.5 Å². The van der Waals surface area contributed by atoms with Crippen molar-refractivity contribution < 1.29 is 4.79 Å². The molecule has 1 amide bonds. The second kappa shape index (κ2) is 5.40. The molecule has 0 bridgehead atoms. The molecule has 2 heterocycles. The number of aromatic nitrogens is 2. The normalized spacial score (nSPS) is 13.7. The summed E-state index contributed by atoms with van der Waals surface area (Å²) < 4.78 is 0. The molecule has 0 spiro atoms. The van der Waals surface area contributed by atoms with Gasteiger partial charge in [-0.25, -0.2) is 0 Å². The minimum Gasteiger partial charge on any atom is -0.398 e. The number of nitrogens with one attached hydrogen (secondary N) is 1. The van der Waals surface area contributed by atoms with Gasteiger partial charge in [-0.05, 0) is 35.7 Å². The molecule has 1 aliphatic heterocycles. The number of carbonyl (C=O) groups is 1. The standard InChI is InChI=1S/C15H17N5O/c1-17-15(21)13-5-6-14(19-18-13)20-8-7-10-3-2-4-12(16)11(10)9-20/h2-6H,7-9,16H2,1H3,(H,17,21). The fourth-order valence-corrected chi connectivity index (χ4v) is 2.55.